The topological polar surface area (TPSA) is 353 Å². The number of nitrogens with two attached hydrogens (primary N) is 1. The molecule has 0 bridgehead atoms. The number of aliphatic imine (C=N–C) groups is 1. The van der Waals surface area contributed by atoms with Gasteiger partial charge in [0.25, 0.3) is 5.96 Å². The molecule has 0 spiro atoms. The molecule has 0 aliphatic rings. The van der Waals surface area contributed by atoms with Crippen LogP contribution in [0.25, 0.3) is 0 Å². The fourth-order valence-electron chi connectivity index (χ4n) is 8.27. The average Bonchev–Trinajstić information content (AvgIpc) is 3.50. The van der Waals surface area contributed by atoms with Crippen LogP contribution in [0.4, 0.5) is 4.79 Å². The molecule has 83 heavy (non-hydrogen) atoms. The van der Waals surface area contributed by atoms with Crippen molar-refractivity contribution in [3.63, 3.8) is 0 Å². The molecule has 5 aromatic carbocycles. The van der Waals surface area contributed by atoms with Crippen molar-refractivity contribution in [2.24, 2.45) is 16.6 Å². The number of hydrazine groups is 1. The highest BCUT2D eigenvalue weighted by Crippen LogP contribution is 2.15. The molecule has 440 valence electrons. The molecule has 0 radical (unpaired) electrons. The molecule has 0 unspecified atom stereocenters. The molecule has 0 aliphatic heterocycles. The van der Waals surface area contributed by atoms with Gasteiger partial charge in [0.15, 0.2) is 5.03 Å². The Morgan fingerprint density at radius 1 is 0.554 bits per heavy atom. The molecule has 0 fully saturated rings. The Morgan fingerprint density at radius 3 is 1.49 bits per heavy atom. The highest BCUT2D eigenvalue weighted by Gasteiger charge is 2.33. The van der Waals surface area contributed by atoms with Crippen LogP contribution in [0.3, 0.4) is 0 Å². The van der Waals surface area contributed by atoms with Crippen LogP contribution >= 0.6 is 0 Å². The van der Waals surface area contributed by atoms with Crippen LogP contribution in [-0.2, 0) is 75.5 Å². The zero-order valence-corrected chi connectivity index (χ0v) is 46.1. The van der Waals surface area contributed by atoms with E-state index in [-0.39, 0.29) is 82.9 Å². The Balaban J connectivity index is 1.31. The zero-order valence-electron chi connectivity index (χ0n) is 46.1. The van der Waals surface area contributed by atoms with Gasteiger partial charge < -0.3 is 57.5 Å². The van der Waals surface area contributed by atoms with E-state index in [2.05, 4.69) is 42.2 Å². The first-order valence-corrected chi connectivity index (χ1v) is 26.9. The lowest BCUT2D eigenvalue weighted by molar-refractivity contribution is -0.525. The van der Waals surface area contributed by atoms with Gasteiger partial charge in [-0.1, -0.05) is 153 Å². The number of nitrogens with zero attached hydrogens (tertiary/aromatic N) is 2. The van der Waals surface area contributed by atoms with Gasteiger partial charge in [-0.15, -0.1) is 0 Å². The number of hydrogen-bond donors (Lipinski definition) is 10. The van der Waals surface area contributed by atoms with E-state index in [1.165, 1.54) is 12.1 Å². The summed E-state index contributed by atoms with van der Waals surface area (Å²) < 4.78 is 10.8. The van der Waals surface area contributed by atoms with Crippen LogP contribution in [0.2, 0.25) is 0 Å². The second-order valence-corrected chi connectivity index (χ2v) is 19.6. The first-order chi connectivity index (χ1) is 39.9. The van der Waals surface area contributed by atoms with Crippen molar-refractivity contribution in [1.82, 2.24) is 42.6 Å². The quantitative estimate of drug-likeness (QED) is 0.00739. The summed E-state index contributed by atoms with van der Waals surface area (Å²) in [6.07, 6.45) is -1.13. The monoisotopic (exact) mass is 1140 g/mol. The number of nitrogens with one attached hydrogen (secondary N) is 8. The molecule has 5 aromatic rings. The molecule has 5 atom stereocenters. The number of rotatable bonds is 32. The van der Waals surface area contributed by atoms with Gasteiger partial charge in [0.1, 0.15) is 49.2 Å². The van der Waals surface area contributed by atoms with Gasteiger partial charge in [0.2, 0.25) is 35.4 Å². The van der Waals surface area contributed by atoms with Gasteiger partial charge in [-0.3, -0.25) is 28.8 Å². The largest absolute Gasteiger partial charge is 0.508 e. The summed E-state index contributed by atoms with van der Waals surface area (Å²) in [5.74, 6) is -5.93. The predicted octanol–water partition coefficient (Wildman–Crippen LogP) is 2.94. The van der Waals surface area contributed by atoms with Crippen molar-refractivity contribution in [3.8, 4) is 5.75 Å². The maximum atomic E-state index is 14.7. The average molecular weight is 1140 g/mol. The minimum absolute atomic E-state index is 0.00732. The second kappa shape index (κ2) is 34.3. The Morgan fingerprint density at radius 2 is 1.00 bits per heavy atom. The highest BCUT2D eigenvalue weighted by atomic mass is 16.7. The standard InChI is InChI=1S/C59H71N11O13/c1-39(2)32-50(57(78)82-37-43-20-11-5-12-21-43)68-56(77)49(35-42-25-27-45(71)28-26-42)67-55(76)48(34-41-18-9-4-10-19-41)66-54(75)47(33-40-16-7-3-8-17-40)65-52(73)36-63-53(74)46(24-15-30-61-58(60)69-70(80)81)64-51(72)29-31-62-59(79)83-38-44-22-13-6-14-23-44/h3-14,16-23,25-28,39,46-50,71H,15,24,29-38H2,1-2H3,(H,62,79)(H,63,74)(H,64,72)(H,65,73)(H,66,75)(H,67,76)(H,68,77)(H3,60,61,69)/t46-,47-,48-,49-,50-/m0/s1. The minimum Gasteiger partial charge on any atom is -0.508 e. The summed E-state index contributed by atoms with van der Waals surface area (Å²) in [6, 6.07) is 34.9. The number of carbonyl (C=O) groups is 8. The van der Waals surface area contributed by atoms with Gasteiger partial charge in [-0.2, -0.15) is 0 Å². The Kier molecular flexibility index (Phi) is 26.4. The van der Waals surface area contributed by atoms with E-state index in [9.17, 15) is 53.6 Å². The number of hydrogen-bond acceptors (Lipinski definition) is 14. The fourth-order valence-corrected chi connectivity index (χ4v) is 8.27. The van der Waals surface area contributed by atoms with E-state index in [0.717, 1.165) is 11.1 Å². The molecule has 0 aliphatic carbocycles. The van der Waals surface area contributed by atoms with Crippen molar-refractivity contribution in [2.45, 2.75) is 102 Å². The first kappa shape index (κ1) is 64.0. The summed E-state index contributed by atoms with van der Waals surface area (Å²) in [6.45, 7) is 2.74. The fraction of sp³-hybridized carbons (Fsp3) is 0.339. The number of phenolic OH excluding ortho intramolecular Hbond substituents is 1. The second-order valence-electron chi connectivity index (χ2n) is 19.6. The number of alkyl carbamates (subject to hydrolysis) is 1. The highest BCUT2D eigenvalue weighted by molar-refractivity contribution is 5.96. The van der Waals surface area contributed by atoms with E-state index in [0.29, 0.717) is 16.7 Å². The number of ether oxygens (including phenoxy) is 2. The lowest BCUT2D eigenvalue weighted by atomic mass is 10.00. The van der Waals surface area contributed by atoms with Crippen LogP contribution in [-0.4, -0.2) is 113 Å². The number of esters is 1. The van der Waals surface area contributed by atoms with Gasteiger partial charge >= 0.3 is 12.1 Å². The summed E-state index contributed by atoms with van der Waals surface area (Å²) in [7, 11) is 0. The third kappa shape index (κ3) is 24.6. The van der Waals surface area contributed by atoms with E-state index in [4.69, 9.17) is 15.2 Å². The van der Waals surface area contributed by atoms with Crippen LogP contribution in [0.5, 0.6) is 5.75 Å². The summed E-state index contributed by atoms with van der Waals surface area (Å²) in [5, 5.41) is 38.4. The number of amides is 7. The number of aromatic hydroxyl groups is 1. The Hall–Kier alpha value is -9.87. The van der Waals surface area contributed by atoms with Crippen molar-refractivity contribution >= 4 is 53.5 Å². The van der Waals surface area contributed by atoms with Crippen molar-refractivity contribution in [2.75, 3.05) is 19.6 Å². The van der Waals surface area contributed by atoms with Gasteiger partial charge in [-0.25, -0.2) is 24.7 Å². The summed E-state index contributed by atoms with van der Waals surface area (Å²) in [5.41, 5.74) is 10.5. The smallest absolute Gasteiger partial charge is 0.407 e. The summed E-state index contributed by atoms with van der Waals surface area (Å²) in [4.78, 5) is 125. The molecule has 0 saturated heterocycles. The van der Waals surface area contributed by atoms with Gasteiger partial charge in [-0.05, 0) is 65.1 Å². The van der Waals surface area contributed by atoms with Crippen molar-refractivity contribution in [3.05, 3.63) is 184 Å². The van der Waals surface area contributed by atoms with Gasteiger partial charge in [0, 0.05) is 38.8 Å². The SMILES string of the molecule is CC(C)C[C@H](NC(=O)[C@H](Cc1ccc(O)cc1)NC(=O)[C@H](Cc1ccccc1)NC(=O)[C@H](Cc1ccccc1)NC(=O)CNC(=O)[C@H](CCCN=C(N)N[N+](=O)[O-])NC(=O)CCNC(=O)OCc1ccccc1)C(=O)OCc1ccccc1. The lowest BCUT2D eigenvalue weighted by Gasteiger charge is -2.27. The lowest BCUT2D eigenvalue weighted by Crippen LogP contribution is -2.59. The molecule has 24 heteroatoms. The van der Waals surface area contributed by atoms with Crippen LogP contribution in [0, 0.1) is 16.0 Å². The molecule has 5 rings (SSSR count). The van der Waals surface area contributed by atoms with Crippen molar-refractivity contribution in [1.29, 1.82) is 0 Å². The molecule has 0 saturated carbocycles. The number of nitro groups is 1. The first-order valence-electron chi connectivity index (χ1n) is 26.9. The summed E-state index contributed by atoms with van der Waals surface area (Å²) >= 11 is 0. The molecule has 11 N–H and O–H groups in total. The molecule has 7 amide bonds. The Labute approximate surface area is 480 Å². The normalized spacial score (nSPS) is 12.8. The molecular formula is C59H71N11O13. The number of benzene rings is 5. The zero-order chi connectivity index (χ0) is 59.9. The van der Waals surface area contributed by atoms with E-state index in [1.807, 2.05) is 26.0 Å². The predicted molar refractivity (Wildman–Crippen MR) is 306 cm³/mol. The molecular weight excluding hydrogens is 1070 g/mol. The van der Waals surface area contributed by atoms with Gasteiger partial charge in [0.05, 0.1) is 6.54 Å². The van der Waals surface area contributed by atoms with E-state index in [1.54, 1.807) is 127 Å². The Bertz CT molecular complexity index is 2940. The number of guanidine groups is 1. The maximum absolute atomic E-state index is 14.7. The van der Waals surface area contributed by atoms with Crippen molar-refractivity contribution < 1.29 is 58.0 Å². The van der Waals surface area contributed by atoms with E-state index >= 15 is 0 Å². The van der Waals surface area contributed by atoms with E-state index < -0.39 is 95.3 Å². The third-order valence-electron chi connectivity index (χ3n) is 12.4. The molecule has 0 aromatic heterocycles. The van der Waals surface area contributed by atoms with Crippen LogP contribution < -0.4 is 48.4 Å². The maximum Gasteiger partial charge on any atom is 0.407 e. The molecule has 24 nitrogen and oxygen atoms in total. The molecule has 0 heterocycles. The minimum atomic E-state index is -1.37. The number of phenols is 1. The number of carbonyl (C=O) groups excluding carboxylic acids is 8. The third-order valence-corrected chi connectivity index (χ3v) is 12.4. The van der Waals surface area contributed by atoms with Crippen LogP contribution in [0.1, 0.15) is 67.3 Å². The van der Waals surface area contributed by atoms with Crippen LogP contribution in [0.15, 0.2) is 151 Å².